The molecule has 5 heteroatoms. The molecule has 2 aromatic carbocycles. The molecule has 0 spiro atoms. The smallest absolute Gasteiger partial charge is 0.374 e. The minimum atomic E-state index is -0.466. The summed E-state index contributed by atoms with van der Waals surface area (Å²) in [6.45, 7) is 2.73. The summed E-state index contributed by atoms with van der Waals surface area (Å²) in [6, 6.07) is 21.5. The first-order valence-corrected chi connectivity index (χ1v) is 8.53. The third kappa shape index (κ3) is 2.99. The molecule has 5 nitrogen and oxygen atoms in total. The molecule has 0 N–H and O–H groups in total. The van der Waals surface area contributed by atoms with Gasteiger partial charge in [0.1, 0.15) is 5.69 Å². The number of para-hydroxylation sites is 1. The molecule has 0 fully saturated rings. The Hall–Kier alpha value is -3.34. The van der Waals surface area contributed by atoms with Gasteiger partial charge in [-0.3, -0.25) is 4.68 Å². The number of carbonyl (C=O) groups excluding carboxylic acids is 1. The maximum Gasteiger partial charge on any atom is 0.374 e. The van der Waals surface area contributed by atoms with Gasteiger partial charge >= 0.3 is 5.97 Å². The molecular weight excluding hydrogens is 328 g/mol. The highest BCUT2D eigenvalue weighted by atomic mass is 16.5. The number of benzene rings is 2. The quantitative estimate of drug-likeness (QED) is 0.499. The minimum Gasteiger partial charge on any atom is -0.460 e. The van der Waals surface area contributed by atoms with E-state index >= 15 is 0 Å². The summed E-state index contributed by atoms with van der Waals surface area (Å²) < 4.78 is 12.6. The van der Waals surface area contributed by atoms with Gasteiger partial charge < -0.3 is 9.15 Å². The third-order valence-corrected chi connectivity index (χ3v) is 4.15. The number of hydrogen-bond acceptors (Lipinski definition) is 4. The molecule has 0 amide bonds. The van der Waals surface area contributed by atoms with Crippen LogP contribution in [0.2, 0.25) is 0 Å². The largest absolute Gasteiger partial charge is 0.460 e. The van der Waals surface area contributed by atoms with Crippen LogP contribution in [0.4, 0.5) is 0 Å². The average Bonchev–Trinajstić information content (AvgIpc) is 3.28. The molecule has 0 saturated carbocycles. The molecule has 0 bridgehead atoms. The average molecular weight is 346 g/mol. The summed E-state index contributed by atoms with van der Waals surface area (Å²) in [7, 11) is 0. The van der Waals surface area contributed by atoms with Crippen molar-refractivity contribution in [2.24, 2.45) is 0 Å². The number of fused-ring (bicyclic) bond motifs is 1. The molecule has 0 unspecified atom stereocenters. The van der Waals surface area contributed by atoms with Gasteiger partial charge in [0.25, 0.3) is 0 Å². The zero-order chi connectivity index (χ0) is 17.9. The number of carbonyl (C=O) groups is 1. The van der Waals surface area contributed by atoms with Crippen molar-refractivity contribution in [3.63, 3.8) is 0 Å². The summed E-state index contributed by atoms with van der Waals surface area (Å²) in [5.74, 6) is 0.270. The van der Waals surface area contributed by atoms with Crippen molar-refractivity contribution in [2.75, 3.05) is 6.61 Å². The molecule has 4 rings (SSSR count). The van der Waals surface area contributed by atoms with Crippen molar-refractivity contribution in [1.82, 2.24) is 9.78 Å². The Kier molecular flexibility index (Phi) is 4.27. The van der Waals surface area contributed by atoms with Gasteiger partial charge in [0.05, 0.1) is 18.7 Å². The fourth-order valence-corrected chi connectivity index (χ4v) is 2.96. The summed E-state index contributed by atoms with van der Waals surface area (Å²) in [5.41, 5.74) is 2.89. The molecule has 0 radical (unpaired) electrons. The van der Waals surface area contributed by atoms with Crippen LogP contribution < -0.4 is 0 Å². The van der Waals surface area contributed by atoms with Crippen molar-refractivity contribution in [1.29, 1.82) is 0 Å². The standard InChI is InChI=1S/C21H18N2O3/c1-2-25-21(24)19-13-12-18(26-19)20-16-10-6-7-11-17(16)23(22-20)14-15-8-4-3-5-9-15/h3-13H,2,14H2,1H3. The van der Waals surface area contributed by atoms with Crippen LogP contribution in [0.3, 0.4) is 0 Å². The van der Waals surface area contributed by atoms with Crippen molar-refractivity contribution < 1.29 is 13.9 Å². The van der Waals surface area contributed by atoms with Gasteiger partial charge in [-0.05, 0) is 30.7 Å². The molecule has 0 aliphatic rings. The number of rotatable bonds is 5. The van der Waals surface area contributed by atoms with Crippen molar-refractivity contribution >= 4 is 16.9 Å². The van der Waals surface area contributed by atoms with E-state index in [1.54, 1.807) is 19.1 Å². The second-order valence-corrected chi connectivity index (χ2v) is 5.89. The highest BCUT2D eigenvalue weighted by Gasteiger charge is 2.18. The lowest BCUT2D eigenvalue weighted by Crippen LogP contribution is -2.02. The van der Waals surface area contributed by atoms with Crippen LogP contribution in [0.5, 0.6) is 0 Å². The molecule has 0 aliphatic heterocycles. The first kappa shape index (κ1) is 16.1. The van der Waals surface area contributed by atoms with Crippen LogP contribution in [0.1, 0.15) is 23.0 Å². The Balaban J connectivity index is 1.75. The maximum atomic E-state index is 11.9. The molecule has 0 saturated heterocycles. The van der Waals surface area contributed by atoms with E-state index < -0.39 is 5.97 Å². The van der Waals surface area contributed by atoms with E-state index in [9.17, 15) is 4.79 Å². The van der Waals surface area contributed by atoms with Crippen LogP contribution in [0, 0.1) is 0 Å². The molecular formula is C21H18N2O3. The molecule has 130 valence electrons. The van der Waals surface area contributed by atoms with E-state index in [-0.39, 0.29) is 5.76 Å². The predicted octanol–water partition coefficient (Wildman–Crippen LogP) is 4.52. The van der Waals surface area contributed by atoms with Gasteiger partial charge in [-0.15, -0.1) is 0 Å². The van der Waals surface area contributed by atoms with Crippen LogP contribution >= 0.6 is 0 Å². The summed E-state index contributed by atoms with van der Waals surface area (Å²) >= 11 is 0. The minimum absolute atomic E-state index is 0.184. The Morgan fingerprint density at radius 3 is 2.62 bits per heavy atom. The SMILES string of the molecule is CCOC(=O)c1ccc(-c2nn(Cc3ccccc3)c3ccccc23)o1. The van der Waals surface area contributed by atoms with Crippen LogP contribution in [-0.2, 0) is 11.3 Å². The first-order chi connectivity index (χ1) is 12.8. The summed E-state index contributed by atoms with van der Waals surface area (Å²) in [4.78, 5) is 11.9. The number of hydrogen-bond donors (Lipinski definition) is 0. The van der Waals surface area contributed by atoms with Crippen molar-refractivity contribution in [3.8, 4) is 11.5 Å². The van der Waals surface area contributed by atoms with E-state index in [0.717, 1.165) is 10.9 Å². The summed E-state index contributed by atoms with van der Waals surface area (Å²) in [5, 5.41) is 5.72. The van der Waals surface area contributed by atoms with E-state index in [0.29, 0.717) is 24.6 Å². The second kappa shape index (κ2) is 6.88. The molecule has 0 aliphatic carbocycles. The zero-order valence-electron chi connectivity index (χ0n) is 14.4. The van der Waals surface area contributed by atoms with Crippen LogP contribution in [0.25, 0.3) is 22.4 Å². The summed E-state index contributed by atoms with van der Waals surface area (Å²) in [6.07, 6.45) is 0. The highest BCUT2D eigenvalue weighted by Crippen LogP contribution is 2.30. The predicted molar refractivity (Wildman–Crippen MR) is 98.9 cm³/mol. The maximum absolute atomic E-state index is 11.9. The first-order valence-electron chi connectivity index (χ1n) is 8.53. The van der Waals surface area contributed by atoms with E-state index in [2.05, 4.69) is 12.1 Å². The molecule has 0 atom stereocenters. The molecule has 2 aromatic heterocycles. The number of furan rings is 1. The molecule has 2 heterocycles. The van der Waals surface area contributed by atoms with E-state index in [1.165, 1.54) is 5.56 Å². The molecule has 26 heavy (non-hydrogen) atoms. The number of aromatic nitrogens is 2. The van der Waals surface area contributed by atoms with Gasteiger partial charge in [0, 0.05) is 5.39 Å². The fraction of sp³-hybridized carbons (Fsp3) is 0.143. The lowest BCUT2D eigenvalue weighted by molar-refractivity contribution is 0.0491. The van der Waals surface area contributed by atoms with Gasteiger partial charge in [-0.1, -0.05) is 48.5 Å². The zero-order valence-corrected chi connectivity index (χ0v) is 14.4. The Bertz CT molecular complexity index is 1050. The Morgan fingerprint density at radius 2 is 1.81 bits per heavy atom. The topological polar surface area (TPSA) is 57.3 Å². The van der Waals surface area contributed by atoms with Crippen molar-refractivity contribution in [3.05, 3.63) is 78.1 Å². The Labute approximate surface area is 150 Å². The van der Waals surface area contributed by atoms with Gasteiger partial charge in [0.15, 0.2) is 5.76 Å². The van der Waals surface area contributed by atoms with Gasteiger partial charge in [-0.25, -0.2) is 4.79 Å². The van der Waals surface area contributed by atoms with E-state index in [1.807, 2.05) is 47.1 Å². The number of ether oxygens (including phenoxy) is 1. The van der Waals surface area contributed by atoms with Gasteiger partial charge in [0.2, 0.25) is 5.76 Å². The lowest BCUT2D eigenvalue weighted by atomic mass is 10.2. The van der Waals surface area contributed by atoms with Crippen LogP contribution in [0.15, 0.2) is 71.1 Å². The normalized spacial score (nSPS) is 11.0. The monoisotopic (exact) mass is 346 g/mol. The highest BCUT2D eigenvalue weighted by molar-refractivity contribution is 5.93. The molecule has 4 aromatic rings. The number of nitrogens with zero attached hydrogens (tertiary/aromatic N) is 2. The van der Waals surface area contributed by atoms with Gasteiger partial charge in [-0.2, -0.15) is 5.10 Å². The van der Waals surface area contributed by atoms with Crippen molar-refractivity contribution in [2.45, 2.75) is 13.5 Å². The fourth-order valence-electron chi connectivity index (χ4n) is 2.96. The lowest BCUT2D eigenvalue weighted by Gasteiger charge is -2.03. The van der Waals surface area contributed by atoms with Crippen LogP contribution in [-0.4, -0.2) is 22.4 Å². The number of esters is 1. The second-order valence-electron chi connectivity index (χ2n) is 5.89. The van der Waals surface area contributed by atoms with E-state index in [4.69, 9.17) is 14.3 Å². The Morgan fingerprint density at radius 1 is 1.04 bits per heavy atom. The third-order valence-electron chi connectivity index (χ3n) is 4.15.